The second-order valence-corrected chi connectivity index (χ2v) is 2.16. The summed E-state index contributed by atoms with van der Waals surface area (Å²) < 4.78 is 49.3. The average molecular weight is 176 g/mol. The van der Waals surface area contributed by atoms with E-state index < -0.39 is 28.8 Å². The first kappa shape index (κ1) is 8.77. The Balaban J connectivity index is 3.31. The molecular formula is C8H4F4. The summed E-state index contributed by atoms with van der Waals surface area (Å²) in [5, 5.41) is 0. The highest BCUT2D eigenvalue weighted by Gasteiger charge is 2.11. The van der Waals surface area contributed by atoms with Crippen molar-refractivity contribution >= 4 is 5.83 Å². The molecule has 0 radical (unpaired) electrons. The molecule has 0 aliphatic carbocycles. The van der Waals surface area contributed by atoms with Crippen LogP contribution in [0.25, 0.3) is 5.83 Å². The summed E-state index contributed by atoms with van der Waals surface area (Å²) in [7, 11) is 0. The van der Waals surface area contributed by atoms with Gasteiger partial charge in [0.15, 0.2) is 17.5 Å². The molecule has 0 fully saturated rings. The standard InChI is InChI=1S/C8H4F4/c1-4(9)5-2-6(10)8(12)7(11)3-5/h2-3H,1H2. The summed E-state index contributed by atoms with van der Waals surface area (Å²) in [5.74, 6) is -5.47. The lowest BCUT2D eigenvalue weighted by Crippen LogP contribution is -1.92. The molecule has 0 bridgehead atoms. The third-order valence-electron chi connectivity index (χ3n) is 1.30. The van der Waals surface area contributed by atoms with Gasteiger partial charge in [0, 0.05) is 5.56 Å². The van der Waals surface area contributed by atoms with Crippen LogP contribution in [0, 0.1) is 17.5 Å². The lowest BCUT2D eigenvalue weighted by molar-refractivity contribution is 0.446. The molecule has 0 aliphatic rings. The van der Waals surface area contributed by atoms with Gasteiger partial charge in [-0.2, -0.15) is 0 Å². The van der Waals surface area contributed by atoms with Gasteiger partial charge in [-0.3, -0.25) is 0 Å². The van der Waals surface area contributed by atoms with E-state index in [-0.39, 0.29) is 0 Å². The molecule has 0 unspecified atom stereocenters. The van der Waals surface area contributed by atoms with Crippen molar-refractivity contribution in [3.63, 3.8) is 0 Å². The summed E-state index contributed by atoms with van der Waals surface area (Å²) in [4.78, 5) is 0. The molecule has 0 spiro atoms. The minimum Gasteiger partial charge on any atom is -0.207 e. The molecule has 0 saturated heterocycles. The highest BCUT2D eigenvalue weighted by molar-refractivity contribution is 5.56. The predicted octanol–water partition coefficient (Wildman–Crippen LogP) is 3.04. The van der Waals surface area contributed by atoms with Crippen LogP contribution in [0.4, 0.5) is 17.6 Å². The summed E-state index contributed by atoms with van der Waals surface area (Å²) >= 11 is 0. The summed E-state index contributed by atoms with van der Waals surface area (Å²) in [6, 6.07) is 1.08. The third kappa shape index (κ3) is 1.47. The molecule has 64 valence electrons. The van der Waals surface area contributed by atoms with Crippen molar-refractivity contribution in [3.8, 4) is 0 Å². The van der Waals surface area contributed by atoms with E-state index in [2.05, 4.69) is 6.58 Å². The molecule has 0 N–H and O–H groups in total. The summed E-state index contributed by atoms with van der Waals surface area (Å²) in [6.07, 6.45) is 0. The number of halogens is 4. The largest absolute Gasteiger partial charge is 0.207 e. The Labute approximate surface area is 66.1 Å². The Morgan fingerprint density at radius 2 is 1.50 bits per heavy atom. The molecule has 0 atom stereocenters. The second-order valence-electron chi connectivity index (χ2n) is 2.16. The van der Waals surface area contributed by atoms with Crippen molar-refractivity contribution in [2.75, 3.05) is 0 Å². The topological polar surface area (TPSA) is 0 Å². The number of rotatable bonds is 1. The minimum atomic E-state index is -1.61. The van der Waals surface area contributed by atoms with Crippen LogP contribution in [0.15, 0.2) is 18.7 Å². The van der Waals surface area contributed by atoms with E-state index in [1.807, 2.05) is 0 Å². The lowest BCUT2D eigenvalue weighted by atomic mass is 10.2. The van der Waals surface area contributed by atoms with Crippen LogP contribution in [0.1, 0.15) is 5.56 Å². The van der Waals surface area contributed by atoms with Crippen LogP contribution < -0.4 is 0 Å². The Bertz CT molecular complexity index is 307. The van der Waals surface area contributed by atoms with Gasteiger partial charge in [-0.15, -0.1) is 0 Å². The van der Waals surface area contributed by atoms with Crippen molar-refractivity contribution in [2.24, 2.45) is 0 Å². The lowest BCUT2D eigenvalue weighted by Gasteiger charge is -1.98. The second kappa shape index (κ2) is 2.97. The molecule has 12 heavy (non-hydrogen) atoms. The molecule has 0 aromatic heterocycles. The molecule has 0 amide bonds. The minimum absolute atomic E-state index is 0.397. The smallest absolute Gasteiger partial charge is 0.194 e. The number of hydrogen-bond donors (Lipinski definition) is 0. The first-order chi connectivity index (χ1) is 5.52. The fourth-order valence-corrected chi connectivity index (χ4v) is 0.712. The van der Waals surface area contributed by atoms with Crippen molar-refractivity contribution in [1.29, 1.82) is 0 Å². The normalized spacial score (nSPS) is 10.0. The molecule has 0 nitrogen and oxygen atoms in total. The van der Waals surface area contributed by atoms with E-state index in [9.17, 15) is 17.6 Å². The summed E-state index contributed by atoms with van der Waals surface area (Å²) in [6.45, 7) is 2.81. The summed E-state index contributed by atoms with van der Waals surface area (Å²) in [5.41, 5.74) is -0.397. The van der Waals surface area contributed by atoms with Crippen LogP contribution in [-0.2, 0) is 0 Å². The first-order valence-corrected chi connectivity index (χ1v) is 3.01. The zero-order valence-electron chi connectivity index (χ0n) is 5.87. The fraction of sp³-hybridized carbons (Fsp3) is 0. The van der Waals surface area contributed by atoms with Gasteiger partial charge in [0.25, 0.3) is 0 Å². The van der Waals surface area contributed by atoms with E-state index in [4.69, 9.17) is 0 Å². The van der Waals surface area contributed by atoms with Crippen LogP contribution in [-0.4, -0.2) is 0 Å². The Morgan fingerprint density at radius 1 is 1.08 bits per heavy atom. The first-order valence-electron chi connectivity index (χ1n) is 3.01. The monoisotopic (exact) mass is 176 g/mol. The van der Waals surface area contributed by atoms with Crippen molar-refractivity contribution in [3.05, 3.63) is 41.7 Å². The van der Waals surface area contributed by atoms with Gasteiger partial charge in [-0.05, 0) is 12.1 Å². The van der Waals surface area contributed by atoms with Crippen LogP contribution >= 0.6 is 0 Å². The maximum Gasteiger partial charge on any atom is 0.194 e. The Kier molecular flexibility index (Phi) is 2.17. The number of hydrogen-bond acceptors (Lipinski definition) is 0. The van der Waals surface area contributed by atoms with Crippen molar-refractivity contribution in [1.82, 2.24) is 0 Å². The highest BCUT2D eigenvalue weighted by atomic mass is 19.2. The van der Waals surface area contributed by atoms with E-state index in [1.165, 1.54) is 0 Å². The SMILES string of the molecule is C=C(F)c1cc(F)c(F)c(F)c1. The van der Waals surface area contributed by atoms with Crippen LogP contribution in [0.2, 0.25) is 0 Å². The van der Waals surface area contributed by atoms with Gasteiger partial charge in [0.2, 0.25) is 0 Å². The Morgan fingerprint density at radius 3 is 1.83 bits per heavy atom. The van der Waals surface area contributed by atoms with Crippen molar-refractivity contribution in [2.45, 2.75) is 0 Å². The molecule has 0 aliphatic heterocycles. The van der Waals surface area contributed by atoms with Gasteiger partial charge < -0.3 is 0 Å². The quantitative estimate of drug-likeness (QED) is 0.455. The Hall–Kier alpha value is -1.32. The number of benzene rings is 1. The molecular weight excluding hydrogens is 172 g/mol. The highest BCUT2D eigenvalue weighted by Crippen LogP contribution is 2.19. The predicted molar refractivity (Wildman–Crippen MR) is 36.5 cm³/mol. The van der Waals surface area contributed by atoms with E-state index in [1.54, 1.807) is 0 Å². The van der Waals surface area contributed by atoms with Gasteiger partial charge in [-0.1, -0.05) is 6.58 Å². The molecule has 4 heteroatoms. The average Bonchev–Trinajstić information content (AvgIpc) is 1.99. The molecule has 1 aromatic carbocycles. The zero-order chi connectivity index (χ0) is 9.30. The van der Waals surface area contributed by atoms with Crippen molar-refractivity contribution < 1.29 is 17.6 Å². The van der Waals surface area contributed by atoms with Crippen LogP contribution in [0.5, 0.6) is 0 Å². The molecule has 0 saturated carbocycles. The molecule has 0 heterocycles. The molecule has 1 aromatic rings. The van der Waals surface area contributed by atoms with Crippen LogP contribution in [0.3, 0.4) is 0 Å². The van der Waals surface area contributed by atoms with Gasteiger partial charge in [-0.25, -0.2) is 17.6 Å². The van der Waals surface area contributed by atoms with E-state index in [0.717, 1.165) is 0 Å². The van der Waals surface area contributed by atoms with Gasteiger partial charge in [0.05, 0.1) is 0 Å². The zero-order valence-corrected chi connectivity index (χ0v) is 5.87. The maximum absolute atomic E-state index is 12.4. The molecule has 1 rings (SSSR count). The van der Waals surface area contributed by atoms with E-state index >= 15 is 0 Å². The fourth-order valence-electron chi connectivity index (χ4n) is 0.712. The van der Waals surface area contributed by atoms with Gasteiger partial charge in [0.1, 0.15) is 5.83 Å². The van der Waals surface area contributed by atoms with Gasteiger partial charge >= 0.3 is 0 Å². The van der Waals surface area contributed by atoms with E-state index in [0.29, 0.717) is 12.1 Å². The third-order valence-corrected chi connectivity index (χ3v) is 1.30. The maximum atomic E-state index is 12.4.